The van der Waals surface area contributed by atoms with E-state index in [2.05, 4.69) is 5.32 Å². The zero-order valence-corrected chi connectivity index (χ0v) is 18.2. The van der Waals surface area contributed by atoms with E-state index in [1.807, 2.05) is 0 Å². The largest absolute Gasteiger partial charge is 0.416 e. The van der Waals surface area contributed by atoms with Crippen molar-refractivity contribution in [3.8, 4) is 0 Å². The number of carbonyl (C=O) groups is 2. The van der Waals surface area contributed by atoms with Gasteiger partial charge in [0.25, 0.3) is 5.91 Å². The maximum atomic E-state index is 13.2. The van der Waals surface area contributed by atoms with Gasteiger partial charge in [0.05, 0.1) is 5.56 Å². The van der Waals surface area contributed by atoms with Gasteiger partial charge in [-0.3, -0.25) is 15.0 Å². The molecule has 6 N–H and O–H groups in total. The Labute approximate surface area is 197 Å². The molecule has 3 aromatic carbocycles. The molecular weight excluding hydrogens is 459 g/mol. The first-order chi connectivity index (χ1) is 16.5. The molecule has 0 spiro atoms. The van der Waals surface area contributed by atoms with Crippen molar-refractivity contribution in [3.05, 3.63) is 101 Å². The molecule has 0 aliphatic heterocycles. The zero-order chi connectivity index (χ0) is 25.3. The first kappa shape index (κ1) is 23.6. The number of nitrogens with zero attached hydrogens (tertiary/aromatic N) is 1. The molecule has 35 heavy (non-hydrogen) atoms. The van der Waals surface area contributed by atoms with Gasteiger partial charge in [0, 0.05) is 34.3 Å². The third kappa shape index (κ3) is 5.01. The van der Waals surface area contributed by atoms with Crippen LogP contribution in [0.5, 0.6) is 0 Å². The van der Waals surface area contributed by atoms with Crippen LogP contribution in [0.1, 0.15) is 37.5 Å². The normalized spacial score (nSPS) is 11.4. The monoisotopic (exact) mass is 479 g/mol. The topological polar surface area (TPSA) is 127 Å². The highest BCUT2D eigenvalue weighted by atomic mass is 19.4. The van der Waals surface area contributed by atoms with Crippen LogP contribution >= 0.6 is 0 Å². The van der Waals surface area contributed by atoms with Crippen molar-refractivity contribution in [3.63, 3.8) is 0 Å². The van der Waals surface area contributed by atoms with Gasteiger partial charge in [-0.1, -0.05) is 30.3 Å². The smallest absolute Gasteiger partial charge is 0.384 e. The minimum Gasteiger partial charge on any atom is -0.384 e. The third-order valence-corrected chi connectivity index (χ3v) is 5.47. The summed E-state index contributed by atoms with van der Waals surface area (Å²) in [4.78, 5) is 24.5. The van der Waals surface area contributed by atoms with E-state index in [0.29, 0.717) is 22.0 Å². The molecule has 10 heteroatoms. The number of nitrogen functional groups attached to an aromatic ring is 1. The molecule has 0 bridgehead atoms. The highest BCUT2D eigenvalue weighted by Crippen LogP contribution is 2.31. The lowest BCUT2D eigenvalue weighted by molar-refractivity contribution is -0.137. The molecule has 0 saturated heterocycles. The number of fused-ring (bicyclic) bond motifs is 1. The van der Waals surface area contributed by atoms with Crippen molar-refractivity contribution >= 4 is 34.2 Å². The maximum Gasteiger partial charge on any atom is 0.416 e. The number of hydrogen-bond acceptors (Lipinski definition) is 3. The molecular formula is C25H20F3N5O2. The minimum absolute atomic E-state index is 0.00290. The van der Waals surface area contributed by atoms with Crippen LogP contribution in [0.15, 0.2) is 72.8 Å². The molecule has 1 heterocycles. The molecule has 1 aromatic heterocycles. The molecule has 0 saturated carbocycles. The molecule has 178 valence electrons. The highest BCUT2D eigenvalue weighted by Gasteiger charge is 2.30. The highest BCUT2D eigenvalue weighted by molar-refractivity contribution is 6.07. The summed E-state index contributed by atoms with van der Waals surface area (Å²) in [5, 5.41) is 10.9. The second-order valence-corrected chi connectivity index (χ2v) is 7.90. The number of nitrogens with one attached hydrogen (secondary N) is 2. The van der Waals surface area contributed by atoms with Gasteiger partial charge in [-0.25, -0.2) is 0 Å². The van der Waals surface area contributed by atoms with Gasteiger partial charge in [0.1, 0.15) is 11.5 Å². The van der Waals surface area contributed by atoms with Gasteiger partial charge in [0.2, 0.25) is 5.91 Å². The lowest BCUT2D eigenvalue weighted by Crippen LogP contribution is -2.18. The van der Waals surface area contributed by atoms with Crippen molar-refractivity contribution in [1.82, 2.24) is 4.57 Å². The van der Waals surface area contributed by atoms with E-state index in [1.54, 1.807) is 53.1 Å². The molecule has 0 fully saturated rings. The Morgan fingerprint density at radius 3 is 2.23 bits per heavy atom. The first-order valence-electron chi connectivity index (χ1n) is 10.4. The predicted octanol–water partition coefficient (Wildman–Crippen LogP) is 4.34. The van der Waals surface area contributed by atoms with Crippen LogP contribution in [0.4, 0.5) is 18.9 Å². The number of primary amides is 1. The Morgan fingerprint density at radius 1 is 0.914 bits per heavy atom. The predicted molar refractivity (Wildman–Crippen MR) is 126 cm³/mol. The van der Waals surface area contributed by atoms with E-state index >= 15 is 0 Å². The first-order valence-corrected chi connectivity index (χ1v) is 10.4. The Bertz CT molecular complexity index is 1460. The van der Waals surface area contributed by atoms with Crippen molar-refractivity contribution in [1.29, 1.82) is 5.41 Å². The van der Waals surface area contributed by atoms with Gasteiger partial charge in [-0.15, -0.1) is 0 Å². The Morgan fingerprint density at radius 2 is 1.60 bits per heavy atom. The fourth-order valence-electron chi connectivity index (χ4n) is 3.71. The molecule has 0 aliphatic rings. The fourth-order valence-corrected chi connectivity index (χ4v) is 3.71. The summed E-state index contributed by atoms with van der Waals surface area (Å²) < 4.78 is 40.9. The van der Waals surface area contributed by atoms with Gasteiger partial charge >= 0.3 is 6.18 Å². The van der Waals surface area contributed by atoms with Crippen LogP contribution in [-0.4, -0.2) is 22.2 Å². The van der Waals surface area contributed by atoms with E-state index in [9.17, 15) is 22.8 Å². The van der Waals surface area contributed by atoms with E-state index in [-0.39, 0.29) is 23.8 Å². The van der Waals surface area contributed by atoms with Crippen LogP contribution in [0, 0.1) is 5.41 Å². The van der Waals surface area contributed by atoms with Crippen molar-refractivity contribution < 1.29 is 22.8 Å². The van der Waals surface area contributed by atoms with E-state index < -0.39 is 23.6 Å². The Hall–Kier alpha value is -4.60. The van der Waals surface area contributed by atoms with Crippen molar-refractivity contribution in [2.24, 2.45) is 11.5 Å². The number of alkyl halides is 3. The Balaban J connectivity index is 1.75. The summed E-state index contributed by atoms with van der Waals surface area (Å²) in [6.45, 7) is 0.204. The number of rotatable bonds is 6. The molecule has 4 aromatic rings. The SMILES string of the molecule is N=C(N)c1ccc2cc(C(=O)Nc3cccc(C(F)(F)F)c3)n(Cc3ccc(C(N)=O)cc3)c2c1. The second-order valence-electron chi connectivity index (χ2n) is 7.90. The zero-order valence-electron chi connectivity index (χ0n) is 18.2. The number of aromatic nitrogens is 1. The molecule has 4 rings (SSSR count). The van der Waals surface area contributed by atoms with Crippen LogP contribution in [-0.2, 0) is 12.7 Å². The standard InChI is InChI=1S/C25H20F3N5O2/c26-25(27,28)18-2-1-3-19(12-18)32-24(35)21-10-16-8-9-17(22(29)30)11-20(16)33(21)13-14-4-6-15(7-5-14)23(31)34/h1-12H,13H2,(H3,29,30)(H2,31,34)(H,32,35). The van der Waals surface area contributed by atoms with Crippen LogP contribution in [0.2, 0.25) is 0 Å². The average molecular weight is 479 g/mol. The minimum atomic E-state index is -4.55. The number of amides is 2. The molecule has 0 aliphatic carbocycles. The summed E-state index contributed by atoms with van der Waals surface area (Å²) in [6, 6.07) is 17.5. The number of nitrogens with two attached hydrogens (primary N) is 2. The van der Waals surface area contributed by atoms with Crippen LogP contribution < -0.4 is 16.8 Å². The fraction of sp³-hybridized carbons (Fsp3) is 0.0800. The number of carbonyl (C=O) groups excluding carboxylic acids is 2. The average Bonchev–Trinajstić information content (AvgIpc) is 3.16. The summed E-state index contributed by atoms with van der Waals surface area (Å²) in [5.41, 5.74) is 12.4. The molecule has 0 radical (unpaired) electrons. The van der Waals surface area contributed by atoms with E-state index in [1.165, 1.54) is 12.1 Å². The van der Waals surface area contributed by atoms with Gasteiger partial charge in [0.15, 0.2) is 0 Å². The lowest BCUT2D eigenvalue weighted by Gasteiger charge is -2.13. The number of halogens is 3. The lowest BCUT2D eigenvalue weighted by atomic mass is 10.1. The second kappa shape index (κ2) is 8.98. The van der Waals surface area contributed by atoms with E-state index in [4.69, 9.17) is 16.9 Å². The molecule has 0 unspecified atom stereocenters. The van der Waals surface area contributed by atoms with Crippen LogP contribution in [0.25, 0.3) is 10.9 Å². The molecule has 2 amide bonds. The Kier molecular flexibility index (Phi) is 6.04. The number of hydrogen-bond donors (Lipinski definition) is 4. The maximum absolute atomic E-state index is 13.2. The third-order valence-electron chi connectivity index (χ3n) is 5.47. The van der Waals surface area contributed by atoms with Crippen molar-refractivity contribution in [2.75, 3.05) is 5.32 Å². The quantitative estimate of drug-likeness (QED) is 0.243. The summed E-state index contributed by atoms with van der Waals surface area (Å²) in [5.74, 6) is -1.34. The van der Waals surface area contributed by atoms with Gasteiger partial charge < -0.3 is 21.4 Å². The van der Waals surface area contributed by atoms with Gasteiger partial charge in [-0.05, 0) is 48.0 Å². The molecule has 0 atom stereocenters. The number of benzene rings is 3. The summed E-state index contributed by atoms with van der Waals surface area (Å²) >= 11 is 0. The molecule has 7 nitrogen and oxygen atoms in total. The number of amidine groups is 1. The van der Waals surface area contributed by atoms with Crippen LogP contribution in [0.3, 0.4) is 0 Å². The number of anilines is 1. The summed E-state index contributed by atoms with van der Waals surface area (Å²) in [6.07, 6.45) is -4.55. The summed E-state index contributed by atoms with van der Waals surface area (Å²) in [7, 11) is 0. The van der Waals surface area contributed by atoms with Gasteiger partial charge in [-0.2, -0.15) is 13.2 Å². The van der Waals surface area contributed by atoms with Crippen molar-refractivity contribution in [2.45, 2.75) is 12.7 Å². The van der Waals surface area contributed by atoms with E-state index in [0.717, 1.165) is 17.7 Å².